The number of amides is 1. The number of carbonyl (C=O) groups is 1. The summed E-state index contributed by atoms with van der Waals surface area (Å²) in [6.45, 7) is 4.17. The maximum atomic E-state index is 11.8. The molecule has 1 aromatic carbocycles. The zero-order valence-corrected chi connectivity index (χ0v) is 11.2. The first-order valence-corrected chi connectivity index (χ1v) is 6.22. The number of benzene rings is 1. The van der Waals surface area contributed by atoms with E-state index in [-0.39, 0.29) is 11.9 Å². The van der Waals surface area contributed by atoms with Crippen LogP contribution < -0.4 is 4.74 Å². The van der Waals surface area contributed by atoms with E-state index in [1.807, 2.05) is 29.2 Å². The molecule has 4 heteroatoms. The maximum Gasteiger partial charge on any atom is 0.220 e. The molecule has 98 valence electrons. The van der Waals surface area contributed by atoms with Gasteiger partial charge in [0.2, 0.25) is 5.91 Å². The van der Waals surface area contributed by atoms with E-state index in [0.29, 0.717) is 0 Å². The number of rotatable bonds is 2. The van der Waals surface area contributed by atoms with Gasteiger partial charge in [-0.1, -0.05) is 18.2 Å². The molecule has 18 heavy (non-hydrogen) atoms. The number of hydrogen-bond acceptors (Lipinski definition) is 3. The Morgan fingerprint density at radius 1 is 1.33 bits per heavy atom. The quantitative estimate of drug-likeness (QED) is 0.795. The normalized spacial score (nSPS) is 20.8. The molecule has 0 saturated carbocycles. The number of hydrogen-bond donors (Lipinski definition) is 0. The van der Waals surface area contributed by atoms with Gasteiger partial charge in [-0.25, -0.2) is 0 Å². The first kappa shape index (κ1) is 12.9. The monoisotopic (exact) mass is 248 g/mol. The van der Waals surface area contributed by atoms with Crippen LogP contribution in [0.2, 0.25) is 0 Å². The summed E-state index contributed by atoms with van der Waals surface area (Å²) in [7, 11) is 3.75. The number of likely N-dealkylation sites (N-methyl/N-ethyl adjacent to an activating group) is 1. The van der Waals surface area contributed by atoms with Crippen LogP contribution in [0.5, 0.6) is 5.75 Å². The second-order valence-electron chi connectivity index (χ2n) is 4.73. The first-order valence-electron chi connectivity index (χ1n) is 6.22. The highest BCUT2D eigenvalue weighted by atomic mass is 16.5. The van der Waals surface area contributed by atoms with Gasteiger partial charge in [-0.3, -0.25) is 4.79 Å². The van der Waals surface area contributed by atoms with Gasteiger partial charge in [-0.2, -0.15) is 0 Å². The van der Waals surface area contributed by atoms with Crippen LogP contribution in [0, 0.1) is 0 Å². The maximum absolute atomic E-state index is 11.8. The van der Waals surface area contributed by atoms with E-state index >= 15 is 0 Å². The Morgan fingerprint density at radius 3 is 2.72 bits per heavy atom. The van der Waals surface area contributed by atoms with Crippen LogP contribution >= 0.6 is 0 Å². The summed E-state index contributed by atoms with van der Waals surface area (Å²) in [5.41, 5.74) is 1.08. The van der Waals surface area contributed by atoms with E-state index < -0.39 is 0 Å². The van der Waals surface area contributed by atoms with Crippen molar-refractivity contribution >= 4 is 5.91 Å². The molecule has 0 unspecified atom stereocenters. The molecule has 1 aromatic rings. The summed E-state index contributed by atoms with van der Waals surface area (Å²) in [6.07, 6.45) is 0. The van der Waals surface area contributed by atoms with Gasteiger partial charge in [0.25, 0.3) is 0 Å². The summed E-state index contributed by atoms with van der Waals surface area (Å²) in [5, 5.41) is 0. The molecule has 1 amide bonds. The Balaban J connectivity index is 2.34. The summed E-state index contributed by atoms with van der Waals surface area (Å²) >= 11 is 0. The lowest BCUT2D eigenvalue weighted by atomic mass is 10.0. The number of ether oxygens (including phenoxy) is 1. The van der Waals surface area contributed by atoms with Crippen LogP contribution in [0.4, 0.5) is 0 Å². The van der Waals surface area contributed by atoms with Crippen molar-refractivity contribution in [3.63, 3.8) is 0 Å². The Hall–Kier alpha value is -1.55. The summed E-state index contributed by atoms with van der Waals surface area (Å²) in [5.74, 6) is 0.975. The molecule has 0 spiro atoms. The van der Waals surface area contributed by atoms with Crippen LogP contribution in [0.1, 0.15) is 18.5 Å². The SMILES string of the molecule is COc1ccccc1[C@H]1CN(C)CCN1C(C)=O. The van der Waals surface area contributed by atoms with Crippen molar-refractivity contribution < 1.29 is 9.53 Å². The number of carbonyl (C=O) groups excluding carboxylic acids is 1. The van der Waals surface area contributed by atoms with Crippen LogP contribution in [-0.4, -0.2) is 49.5 Å². The fraction of sp³-hybridized carbons (Fsp3) is 0.500. The fourth-order valence-electron chi connectivity index (χ4n) is 2.50. The van der Waals surface area contributed by atoms with E-state index in [9.17, 15) is 4.79 Å². The second kappa shape index (κ2) is 5.40. The third-order valence-corrected chi connectivity index (χ3v) is 3.49. The minimum absolute atomic E-state index is 0.0809. The van der Waals surface area contributed by atoms with E-state index in [4.69, 9.17) is 4.74 Å². The van der Waals surface area contributed by atoms with Crippen molar-refractivity contribution in [3.8, 4) is 5.75 Å². The van der Waals surface area contributed by atoms with Crippen molar-refractivity contribution in [1.29, 1.82) is 0 Å². The minimum atomic E-state index is 0.0809. The number of nitrogens with zero attached hydrogens (tertiary/aromatic N) is 2. The molecular weight excluding hydrogens is 228 g/mol. The lowest BCUT2D eigenvalue weighted by molar-refractivity contribution is -0.133. The zero-order valence-electron chi connectivity index (χ0n) is 11.2. The molecule has 0 bridgehead atoms. The topological polar surface area (TPSA) is 32.8 Å². The number of para-hydroxylation sites is 1. The van der Waals surface area contributed by atoms with Crippen LogP contribution in [-0.2, 0) is 4.79 Å². The Kier molecular flexibility index (Phi) is 3.87. The van der Waals surface area contributed by atoms with Gasteiger partial charge in [-0.05, 0) is 13.1 Å². The standard InChI is InChI=1S/C14H20N2O2/c1-11(17)16-9-8-15(2)10-13(16)12-6-4-5-7-14(12)18-3/h4-7,13H,8-10H2,1-3H3/t13-/m1/s1. The highest BCUT2D eigenvalue weighted by Gasteiger charge is 2.30. The van der Waals surface area contributed by atoms with Crippen LogP contribution in [0.25, 0.3) is 0 Å². The largest absolute Gasteiger partial charge is 0.496 e. The van der Waals surface area contributed by atoms with E-state index in [2.05, 4.69) is 11.9 Å². The molecule has 4 nitrogen and oxygen atoms in total. The predicted octanol–water partition coefficient (Wildman–Crippen LogP) is 1.53. The minimum Gasteiger partial charge on any atom is -0.496 e. The van der Waals surface area contributed by atoms with E-state index in [1.165, 1.54) is 0 Å². The predicted molar refractivity (Wildman–Crippen MR) is 70.6 cm³/mol. The molecule has 1 atom stereocenters. The third-order valence-electron chi connectivity index (χ3n) is 3.49. The molecule has 0 N–H and O–H groups in total. The Labute approximate surface area is 108 Å². The molecule has 0 radical (unpaired) electrons. The lowest BCUT2D eigenvalue weighted by Gasteiger charge is -2.40. The van der Waals surface area contributed by atoms with Gasteiger partial charge in [0.15, 0.2) is 0 Å². The average molecular weight is 248 g/mol. The van der Waals surface area contributed by atoms with Crippen molar-refractivity contribution in [2.45, 2.75) is 13.0 Å². The molecular formula is C14H20N2O2. The van der Waals surface area contributed by atoms with Crippen molar-refractivity contribution in [1.82, 2.24) is 9.80 Å². The molecule has 1 saturated heterocycles. The number of methoxy groups -OCH3 is 1. The molecule has 1 fully saturated rings. The zero-order chi connectivity index (χ0) is 13.1. The van der Waals surface area contributed by atoms with E-state index in [1.54, 1.807) is 14.0 Å². The van der Waals surface area contributed by atoms with Crippen molar-refractivity contribution in [2.24, 2.45) is 0 Å². The van der Waals surface area contributed by atoms with Crippen LogP contribution in [0.3, 0.4) is 0 Å². The summed E-state index contributed by atoms with van der Waals surface area (Å²) in [4.78, 5) is 15.9. The number of piperazine rings is 1. The first-order chi connectivity index (χ1) is 8.63. The van der Waals surface area contributed by atoms with Gasteiger partial charge in [0.05, 0.1) is 13.2 Å². The lowest BCUT2D eigenvalue weighted by Crippen LogP contribution is -2.48. The molecule has 1 heterocycles. The Morgan fingerprint density at radius 2 is 2.06 bits per heavy atom. The molecule has 1 aliphatic rings. The summed E-state index contributed by atoms with van der Waals surface area (Å²) < 4.78 is 5.41. The molecule has 0 aliphatic carbocycles. The smallest absolute Gasteiger partial charge is 0.220 e. The van der Waals surface area contributed by atoms with Gasteiger partial charge in [0.1, 0.15) is 5.75 Å². The van der Waals surface area contributed by atoms with Crippen LogP contribution in [0.15, 0.2) is 24.3 Å². The molecule has 1 aliphatic heterocycles. The van der Waals surface area contributed by atoms with Crippen molar-refractivity contribution in [3.05, 3.63) is 29.8 Å². The van der Waals surface area contributed by atoms with Gasteiger partial charge in [0, 0.05) is 32.1 Å². The van der Waals surface area contributed by atoms with Gasteiger partial charge < -0.3 is 14.5 Å². The molecule has 2 rings (SSSR count). The average Bonchev–Trinajstić information content (AvgIpc) is 2.38. The Bertz CT molecular complexity index is 434. The van der Waals surface area contributed by atoms with Crippen molar-refractivity contribution in [2.75, 3.05) is 33.8 Å². The second-order valence-corrected chi connectivity index (χ2v) is 4.73. The molecule has 0 aromatic heterocycles. The fourth-order valence-corrected chi connectivity index (χ4v) is 2.50. The summed E-state index contributed by atoms with van der Waals surface area (Å²) in [6, 6.07) is 8.01. The highest BCUT2D eigenvalue weighted by molar-refractivity contribution is 5.74. The van der Waals surface area contributed by atoms with Gasteiger partial charge >= 0.3 is 0 Å². The van der Waals surface area contributed by atoms with E-state index in [0.717, 1.165) is 30.9 Å². The highest BCUT2D eigenvalue weighted by Crippen LogP contribution is 2.31. The third kappa shape index (κ3) is 2.48. The van der Waals surface area contributed by atoms with Gasteiger partial charge in [-0.15, -0.1) is 0 Å².